The smallest absolute Gasteiger partial charge is 0.403 e. The first-order valence-electron chi connectivity index (χ1n) is 14.5. The van der Waals surface area contributed by atoms with Gasteiger partial charge in [-0.2, -0.15) is 0 Å². The quantitative estimate of drug-likeness (QED) is 0.131. The predicted molar refractivity (Wildman–Crippen MR) is 169 cm³/mol. The van der Waals surface area contributed by atoms with Crippen molar-refractivity contribution in [1.82, 2.24) is 0 Å². The number of fused-ring (bicyclic) bond motifs is 2. The summed E-state index contributed by atoms with van der Waals surface area (Å²) in [5.74, 6) is -2.75. The fourth-order valence-electron chi connectivity index (χ4n) is 5.15. The summed E-state index contributed by atoms with van der Waals surface area (Å²) in [5, 5.41) is 3.63. The van der Waals surface area contributed by atoms with Gasteiger partial charge in [-0.15, -0.1) is 13.2 Å². The summed E-state index contributed by atoms with van der Waals surface area (Å²) in [5.41, 5.74) is 3.46. The Morgan fingerprint density at radius 1 is 0.591 bits per heavy atom. The van der Waals surface area contributed by atoms with E-state index in [1.807, 2.05) is 12.1 Å². The third-order valence-electron chi connectivity index (χ3n) is 7.44. The summed E-state index contributed by atoms with van der Waals surface area (Å²) in [6.45, 7) is 2.18. The number of unbranched alkanes of at least 4 members (excludes halogenated alkanes) is 2. The lowest BCUT2D eigenvalue weighted by molar-refractivity contribution is -0.275. The Morgan fingerprint density at radius 2 is 1.20 bits per heavy atom. The zero-order valence-electron chi connectivity index (χ0n) is 24.2. The maximum atomic E-state index is 15.3. The van der Waals surface area contributed by atoms with Gasteiger partial charge in [0.1, 0.15) is 5.82 Å². The molecule has 0 atom stereocenters. The average Bonchev–Trinajstić information content (AvgIpc) is 3.02. The molecule has 0 aliphatic heterocycles. The molecular weight excluding hydrogens is 567 g/mol. The summed E-state index contributed by atoms with van der Waals surface area (Å²) in [4.78, 5) is 0. The number of halogens is 5. The number of rotatable bonds is 7. The van der Waals surface area contributed by atoms with Crippen LogP contribution >= 0.6 is 0 Å². The van der Waals surface area contributed by atoms with E-state index in [1.165, 1.54) is 41.3 Å². The molecule has 0 amide bonds. The summed E-state index contributed by atoms with van der Waals surface area (Å²) in [6.07, 6.45) is -0.416. The molecule has 6 rings (SSSR count). The molecule has 0 N–H and O–H groups in total. The molecule has 1 nitrogen and oxygen atoms in total. The van der Waals surface area contributed by atoms with Crippen molar-refractivity contribution in [1.29, 1.82) is 0 Å². The van der Waals surface area contributed by atoms with Gasteiger partial charge in [0.2, 0.25) is 0 Å². The number of ether oxygens (including phenoxy) is 1. The molecule has 0 fully saturated rings. The third-order valence-corrected chi connectivity index (χ3v) is 7.44. The minimum absolute atomic E-state index is 0.0918. The van der Waals surface area contributed by atoms with Crippen LogP contribution in [0.25, 0.3) is 43.8 Å². The van der Waals surface area contributed by atoms with Crippen LogP contribution in [0.2, 0.25) is 0 Å². The predicted octanol–water partition coefficient (Wildman–Crippen LogP) is 11.9. The van der Waals surface area contributed by atoms with Gasteiger partial charge in [-0.25, -0.2) is 8.78 Å². The third kappa shape index (κ3) is 7.62. The van der Waals surface area contributed by atoms with Gasteiger partial charge < -0.3 is 4.74 Å². The number of benzene rings is 6. The van der Waals surface area contributed by atoms with E-state index in [4.69, 9.17) is 0 Å². The zero-order chi connectivity index (χ0) is 31.1. The van der Waals surface area contributed by atoms with Crippen LogP contribution in [-0.2, 0) is 6.42 Å². The van der Waals surface area contributed by atoms with E-state index >= 15 is 4.39 Å². The minimum atomic E-state index is -5.01. The lowest BCUT2D eigenvalue weighted by Gasteiger charge is -2.12. The van der Waals surface area contributed by atoms with Gasteiger partial charge in [0.15, 0.2) is 11.6 Å². The SMILES string of the molecule is CCCCCc1ccc(-c2ccc3c(F)c(-c4ccc(OC(F)(F)F)c(F)c4)ccc3c2)cc1.c1ccc2ccccc2c1. The molecule has 0 aliphatic rings. The van der Waals surface area contributed by atoms with Gasteiger partial charge in [0, 0.05) is 10.9 Å². The van der Waals surface area contributed by atoms with E-state index in [-0.39, 0.29) is 11.1 Å². The van der Waals surface area contributed by atoms with E-state index in [0.29, 0.717) is 10.8 Å². The first kappa shape index (κ1) is 30.7. The Kier molecular flexibility index (Phi) is 9.59. The highest BCUT2D eigenvalue weighted by molar-refractivity contribution is 5.91. The molecule has 6 aromatic carbocycles. The van der Waals surface area contributed by atoms with Crippen LogP contribution in [-0.4, -0.2) is 6.36 Å². The van der Waals surface area contributed by atoms with Crippen LogP contribution in [0.3, 0.4) is 0 Å². The van der Waals surface area contributed by atoms with Crippen LogP contribution in [0, 0.1) is 11.6 Å². The summed E-state index contributed by atoms with van der Waals surface area (Å²) in [7, 11) is 0. The molecular formula is C38H31F5O. The fourth-order valence-corrected chi connectivity index (χ4v) is 5.15. The second-order valence-corrected chi connectivity index (χ2v) is 10.6. The molecule has 0 unspecified atom stereocenters. The molecule has 6 aromatic rings. The summed E-state index contributed by atoms with van der Waals surface area (Å²) in [6, 6.07) is 36.5. The minimum Gasteiger partial charge on any atom is -0.403 e. The lowest BCUT2D eigenvalue weighted by Crippen LogP contribution is -2.17. The van der Waals surface area contributed by atoms with E-state index in [9.17, 15) is 17.6 Å². The number of hydrogen-bond donors (Lipinski definition) is 0. The van der Waals surface area contributed by atoms with Gasteiger partial charge >= 0.3 is 6.36 Å². The highest BCUT2D eigenvalue weighted by Crippen LogP contribution is 2.34. The molecule has 0 saturated carbocycles. The van der Waals surface area contributed by atoms with Gasteiger partial charge in [0.05, 0.1) is 0 Å². The molecule has 44 heavy (non-hydrogen) atoms. The molecule has 0 spiro atoms. The van der Waals surface area contributed by atoms with Crippen molar-refractivity contribution >= 4 is 21.5 Å². The Labute approximate surface area is 253 Å². The molecule has 0 aliphatic carbocycles. The first-order chi connectivity index (χ1) is 21.2. The van der Waals surface area contributed by atoms with Gasteiger partial charge in [0.25, 0.3) is 0 Å². The second kappa shape index (κ2) is 13.7. The van der Waals surface area contributed by atoms with Crippen molar-refractivity contribution in [2.24, 2.45) is 0 Å². The lowest BCUT2D eigenvalue weighted by atomic mass is 9.96. The maximum Gasteiger partial charge on any atom is 0.573 e. The second-order valence-electron chi connectivity index (χ2n) is 10.6. The van der Waals surface area contributed by atoms with Crippen molar-refractivity contribution in [3.05, 3.63) is 139 Å². The topological polar surface area (TPSA) is 9.23 Å². The van der Waals surface area contributed by atoms with Crippen LogP contribution in [0.5, 0.6) is 5.75 Å². The highest BCUT2D eigenvalue weighted by Gasteiger charge is 2.32. The van der Waals surface area contributed by atoms with Crippen molar-refractivity contribution in [3.8, 4) is 28.0 Å². The van der Waals surface area contributed by atoms with E-state index in [1.54, 1.807) is 12.1 Å². The van der Waals surface area contributed by atoms with Gasteiger partial charge in [-0.3, -0.25) is 0 Å². The summed E-state index contributed by atoms with van der Waals surface area (Å²) >= 11 is 0. The van der Waals surface area contributed by atoms with Gasteiger partial charge in [-0.05, 0) is 69.5 Å². The number of alkyl halides is 3. The molecule has 6 heteroatoms. The standard InChI is InChI=1S/C28H23F5O.C10H8/c1-2-3-4-5-18-6-8-19(9-7-18)20-10-13-23-21(16-20)11-14-24(27(23)30)22-12-15-26(25(29)17-22)34-28(31,32)33;1-2-6-10-8-4-3-7-9(10)5-1/h6-17H,2-5H2,1H3;1-8H. The normalized spacial score (nSPS) is 11.3. The van der Waals surface area contributed by atoms with Crippen LogP contribution < -0.4 is 4.74 Å². The van der Waals surface area contributed by atoms with Crippen molar-refractivity contribution in [2.75, 3.05) is 0 Å². The maximum absolute atomic E-state index is 15.3. The monoisotopic (exact) mass is 598 g/mol. The van der Waals surface area contributed by atoms with E-state index in [0.717, 1.165) is 36.1 Å². The number of hydrogen-bond acceptors (Lipinski definition) is 1. The van der Waals surface area contributed by atoms with Gasteiger partial charge in [-0.1, -0.05) is 123 Å². The zero-order valence-corrected chi connectivity index (χ0v) is 24.2. The molecule has 0 saturated heterocycles. The first-order valence-corrected chi connectivity index (χ1v) is 14.5. The Hall–Kier alpha value is -4.71. The number of aryl methyl sites for hydroxylation is 1. The Morgan fingerprint density at radius 3 is 1.80 bits per heavy atom. The molecule has 0 heterocycles. The van der Waals surface area contributed by atoms with Crippen LogP contribution in [0.1, 0.15) is 31.7 Å². The average molecular weight is 599 g/mol. The van der Waals surface area contributed by atoms with Crippen LogP contribution in [0.4, 0.5) is 22.0 Å². The fraction of sp³-hybridized carbons (Fsp3) is 0.158. The van der Waals surface area contributed by atoms with Crippen molar-refractivity contribution in [3.63, 3.8) is 0 Å². The highest BCUT2D eigenvalue weighted by atomic mass is 19.4. The van der Waals surface area contributed by atoms with Crippen molar-refractivity contribution < 1.29 is 26.7 Å². The van der Waals surface area contributed by atoms with E-state index in [2.05, 4.69) is 84.5 Å². The molecule has 0 radical (unpaired) electrons. The largest absolute Gasteiger partial charge is 0.573 e. The van der Waals surface area contributed by atoms with Crippen LogP contribution in [0.15, 0.2) is 121 Å². The van der Waals surface area contributed by atoms with Crippen molar-refractivity contribution in [2.45, 2.75) is 39.0 Å². The summed E-state index contributed by atoms with van der Waals surface area (Å²) < 4.78 is 70.1. The molecule has 0 aromatic heterocycles. The van der Waals surface area contributed by atoms with E-state index < -0.39 is 23.7 Å². The Balaban J connectivity index is 0.000000322. The molecule has 224 valence electrons. The molecule has 0 bridgehead atoms. The Bertz CT molecular complexity index is 1790.